The Morgan fingerprint density at radius 3 is 2.00 bits per heavy atom. The quantitative estimate of drug-likeness (QED) is 0.226. The van der Waals surface area contributed by atoms with E-state index in [1.54, 1.807) is 7.11 Å². The molecule has 0 aromatic rings. The average Bonchev–Trinajstić information content (AvgIpc) is 3.00. The lowest BCUT2D eigenvalue weighted by molar-refractivity contribution is -0.00557. The molecular formula is C22H41NO2. The summed E-state index contributed by atoms with van der Waals surface area (Å²) in [6.07, 6.45) is 23.3. The van der Waals surface area contributed by atoms with Crippen LogP contribution < -0.4 is 0 Å². The Kier molecular flexibility index (Phi) is 12.8. The Hall–Kier alpha value is -0.830. The number of hydrogen-bond donors (Lipinski definition) is 0. The van der Waals surface area contributed by atoms with Crippen LogP contribution in [0.25, 0.3) is 0 Å². The molecule has 1 unspecified atom stereocenters. The van der Waals surface area contributed by atoms with Gasteiger partial charge in [0.2, 0.25) is 0 Å². The highest BCUT2D eigenvalue weighted by atomic mass is 16.6. The summed E-state index contributed by atoms with van der Waals surface area (Å²) in [4.78, 5) is 4.46. The predicted octanol–water partition coefficient (Wildman–Crippen LogP) is 6.82. The van der Waals surface area contributed by atoms with Gasteiger partial charge in [-0.15, -0.1) is 0 Å². The average molecular weight is 352 g/mol. The lowest BCUT2D eigenvalue weighted by Gasteiger charge is -2.14. The van der Waals surface area contributed by atoms with Crippen LogP contribution in [0.1, 0.15) is 104 Å². The summed E-state index contributed by atoms with van der Waals surface area (Å²) >= 11 is 0. The monoisotopic (exact) mass is 351 g/mol. The molecule has 1 atom stereocenters. The number of rotatable bonds is 16. The van der Waals surface area contributed by atoms with Gasteiger partial charge < -0.3 is 9.47 Å². The zero-order valence-corrected chi connectivity index (χ0v) is 17.0. The lowest BCUT2D eigenvalue weighted by Crippen LogP contribution is -2.25. The fraction of sp³-hybridized carbons (Fsp3) is 0.864. The van der Waals surface area contributed by atoms with Crippen molar-refractivity contribution in [3.63, 3.8) is 0 Å². The Morgan fingerprint density at radius 1 is 0.920 bits per heavy atom. The van der Waals surface area contributed by atoms with Gasteiger partial charge in [0, 0.05) is 13.5 Å². The SMILES string of the molecule is CCCCCCCCCCCCCCC=CCC1=NC(C)(OC)CO1. The van der Waals surface area contributed by atoms with E-state index in [1.165, 1.54) is 83.5 Å². The van der Waals surface area contributed by atoms with Crippen LogP contribution >= 0.6 is 0 Å². The van der Waals surface area contributed by atoms with Crippen molar-refractivity contribution in [1.82, 2.24) is 0 Å². The van der Waals surface area contributed by atoms with Crippen LogP contribution in [0.4, 0.5) is 0 Å². The van der Waals surface area contributed by atoms with Gasteiger partial charge in [-0.3, -0.25) is 0 Å². The van der Waals surface area contributed by atoms with Crippen LogP contribution in [0.3, 0.4) is 0 Å². The molecule has 0 N–H and O–H groups in total. The maximum Gasteiger partial charge on any atom is 0.193 e. The summed E-state index contributed by atoms with van der Waals surface area (Å²) in [6.45, 7) is 4.77. The molecule has 3 heteroatoms. The molecule has 1 rings (SSSR count). The molecule has 0 amide bonds. The topological polar surface area (TPSA) is 30.8 Å². The Bertz CT molecular complexity index is 378. The number of allylic oxidation sites excluding steroid dienone is 1. The maximum absolute atomic E-state index is 5.55. The normalized spacial score (nSPS) is 20.2. The second-order valence-corrected chi connectivity index (χ2v) is 7.53. The highest BCUT2D eigenvalue weighted by molar-refractivity contribution is 5.79. The van der Waals surface area contributed by atoms with Crippen molar-refractivity contribution in [2.24, 2.45) is 4.99 Å². The van der Waals surface area contributed by atoms with Crippen molar-refractivity contribution >= 4 is 5.90 Å². The van der Waals surface area contributed by atoms with Gasteiger partial charge >= 0.3 is 0 Å². The highest BCUT2D eigenvalue weighted by Crippen LogP contribution is 2.20. The third kappa shape index (κ3) is 11.4. The van der Waals surface area contributed by atoms with Gasteiger partial charge in [-0.1, -0.05) is 89.7 Å². The van der Waals surface area contributed by atoms with Gasteiger partial charge in [0.15, 0.2) is 11.6 Å². The third-order valence-electron chi connectivity index (χ3n) is 4.99. The van der Waals surface area contributed by atoms with Crippen LogP contribution in [0, 0.1) is 0 Å². The second-order valence-electron chi connectivity index (χ2n) is 7.53. The summed E-state index contributed by atoms with van der Waals surface area (Å²) in [5, 5.41) is 0. The number of hydrogen-bond acceptors (Lipinski definition) is 3. The van der Waals surface area contributed by atoms with E-state index in [0.717, 1.165) is 12.3 Å². The standard InChI is InChI=1S/C22H41NO2/c1-4-5-6-7-8-9-10-11-12-13-14-15-16-17-18-19-21-23-22(2,24-3)20-25-21/h17-18H,4-16,19-20H2,1-3H3. The van der Waals surface area contributed by atoms with Crippen LogP contribution in [0.15, 0.2) is 17.1 Å². The smallest absolute Gasteiger partial charge is 0.193 e. The van der Waals surface area contributed by atoms with E-state index in [2.05, 4.69) is 24.1 Å². The molecular weight excluding hydrogens is 310 g/mol. The zero-order valence-electron chi connectivity index (χ0n) is 17.0. The molecule has 0 aliphatic carbocycles. The van der Waals surface area contributed by atoms with Crippen LogP contribution in [-0.4, -0.2) is 25.3 Å². The summed E-state index contributed by atoms with van der Waals surface area (Å²) in [5.74, 6) is 0.801. The van der Waals surface area contributed by atoms with Crippen molar-refractivity contribution in [3.05, 3.63) is 12.2 Å². The molecule has 3 nitrogen and oxygen atoms in total. The number of aliphatic imine (C=N–C) groups is 1. The van der Waals surface area contributed by atoms with Crippen molar-refractivity contribution in [1.29, 1.82) is 0 Å². The molecule has 146 valence electrons. The minimum Gasteiger partial charge on any atom is -0.475 e. The van der Waals surface area contributed by atoms with E-state index in [9.17, 15) is 0 Å². The van der Waals surface area contributed by atoms with Crippen LogP contribution in [0.2, 0.25) is 0 Å². The predicted molar refractivity (Wildman–Crippen MR) is 108 cm³/mol. The largest absolute Gasteiger partial charge is 0.475 e. The fourth-order valence-corrected chi connectivity index (χ4v) is 3.16. The first kappa shape index (κ1) is 22.2. The van der Waals surface area contributed by atoms with E-state index in [0.29, 0.717) is 6.61 Å². The van der Waals surface area contributed by atoms with Crippen molar-refractivity contribution < 1.29 is 9.47 Å². The van der Waals surface area contributed by atoms with E-state index < -0.39 is 5.72 Å². The molecule has 0 saturated carbocycles. The van der Waals surface area contributed by atoms with Gasteiger partial charge in [-0.25, -0.2) is 4.99 Å². The summed E-state index contributed by atoms with van der Waals surface area (Å²) in [7, 11) is 1.68. The first-order valence-corrected chi connectivity index (χ1v) is 10.6. The van der Waals surface area contributed by atoms with E-state index in [-0.39, 0.29) is 0 Å². The Labute approximate surface area is 156 Å². The Balaban J connectivity index is 1.84. The summed E-state index contributed by atoms with van der Waals surface area (Å²) in [5.41, 5.74) is -0.474. The lowest BCUT2D eigenvalue weighted by atomic mass is 10.0. The second kappa shape index (κ2) is 14.4. The molecule has 1 aliphatic heterocycles. The first-order valence-electron chi connectivity index (χ1n) is 10.6. The molecule has 1 aliphatic rings. The molecule has 0 aromatic heterocycles. The van der Waals surface area contributed by atoms with Gasteiger partial charge in [0.05, 0.1) is 0 Å². The molecule has 0 fully saturated rings. The summed E-state index contributed by atoms with van der Waals surface area (Å²) in [6, 6.07) is 0. The van der Waals surface area contributed by atoms with Crippen molar-refractivity contribution in [2.75, 3.05) is 13.7 Å². The van der Waals surface area contributed by atoms with Crippen LogP contribution in [-0.2, 0) is 9.47 Å². The van der Waals surface area contributed by atoms with Gasteiger partial charge in [-0.05, 0) is 19.8 Å². The molecule has 0 saturated heterocycles. The molecule has 0 bridgehead atoms. The van der Waals surface area contributed by atoms with Crippen molar-refractivity contribution in [3.8, 4) is 0 Å². The van der Waals surface area contributed by atoms with Crippen molar-refractivity contribution in [2.45, 2.75) is 109 Å². The Morgan fingerprint density at radius 2 is 1.48 bits per heavy atom. The van der Waals surface area contributed by atoms with E-state index in [4.69, 9.17) is 9.47 Å². The molecule has 0 radical (unpaired) electrons. The minimum atomic E-state index is -0.474. The first-order chi connectivity index (χ1) is 12.2. The molecule has 1 heterocycles. The molecule has 25 heavy (non-hydrogen) atoms. The van der Waals surface area contributed by atoms with Gasteiger partial charge in [0.1, 0.15) is 6.61 Å². The number of ether oxygens (including phenoxy) is 2. The molecule has 0 aromatic carbocycles. The zero-order chi connectivity index (χ0) is 18.2. The fourth-order valence-electron chi connectivity index (χ4n) is 3.16. The number of nitrogens with zero attached hydrogens (tertiary/aromatic N) is 1. The van der Waals surface area contributed by atoms with E-state index >= 15 is 0 Å². The molecule has 0 spiro atoms. The highest BCUT2D eigenvalue weighted by Gasteiger charge is 2.30. The number of unbranched alkanes of at least 4 members (excludes halogenated alkanes) is 12. The number of methoxy groups -OCH3 is 1. The van der Waals surface area contributed by atoms with Crippen LogP contribution in [0.5, 0.6) is 0 Å². The van der Waals surface area contributed by atoms with Gasteiger partial charge in [-0.2, -0.15) is 0 Å². The third-order valence-corrected chi connectivity index (χ3v) is 4.99. The summed E-state index contributed by atoms with van der Waals surface area (Å²) < 4.78 is 10.9. The minimum absolute atomic E-state index is 0.474. The van der Waals surface area contributed by atoms with Gasteiger partial charge in [0.25, 0.3) is 0 Å². The van der Waals surface area contributed by atoms with E-state index in [1.807, 2.05) is 6.92 Å². The maximum atomic E-state index is 5.55.